The first kappa shape index (κ1) is 23.5. The molecule has 0 aliphatic heterocycles. The first-order valence-corrected chi connectivity index (χ1v) is 13.0. The zero-order valence-electron chi connectivity index (χ0n) is 15.2. The van der Waals surface area contributed by atoms with Gasteiger partial charge in [-0.15, -0.1) is 0 Å². The van der Waals surface area contributed by atoms with E-state index in [1.165, 1.54) is 89.9 Å². The van der Waals surface area contributed by atoms with E-state index in [-0.39, 0.29) is 0 Å². The Hall–Kier alpha value is 0.530. The van der Waals surface area contributed by atoms with Crippen molar-refractivity contribution in [1.82, 2.24) is 0 Å². The molecule has 0 saturated heterocycles. The van der Waals surface area contributed by atoms with Crippen LogP contribution in [0, 0.1) is 0 Å². The third kappa shape index (κ3) is 22.5. The van der Waals surface area contributed by atoms with Crippen molar-refractivity contribution < 1.29 is 14.7 Å². The van der Waals surface area contributed by atoms with Gasteiger partial charge in [-0.1, -0.05) is 96.8 Å². The minimum absolute atomic E-state index is 0.649. The van der Waals surface area contributed by atoms with Crippen LogP contribution in [0.5, 0.6) is 0 Å². The molecule has 3 nitrogen and oxygen atoms in total. The Kier molecular flexibility index (Phi) is 17.8. The maximum Gasteiger partial charge on any atom is 0.515 e. The van der Waals surface area contributed by atoms with E-state index in [2.05, 4.69) is 6.92 Å². The van der Waals surface area contributed by atoms with Gasteiger partial charge >= 0.3 is 6.72 Å². The third-order valence-electron chi connectivity index (χ3n) is 4.26. The van der Waals surface area contributed by atoms with E-state index in [1.807, 2.05) is 0 Å². The first-order chi connectivity index (χ1) is 11.1. The number of hydrogen-bond acceptors (Lipinski definition) is 0. The molecule has 0 saturated carbocycles. The van der Waals surface area contributed by atoms with Crippen LogP contribution in [-0.4, -0.2) is 20.4 Å². The van der Waals surface area contributed by atoms with Crippen molar-refractivity contribution in [2.45, 2.75) is 110 Å². The second kappa shape index (κ2) is 17.4. The fraction of sp³-hybridized carbons (Fsp3) is 1.00. The molecule has 0 aromatic heterocycles. The highest BCUT2D eigenvalue weighted by molar-refractivity contribution is 8.16. The van der Waals surface area contributed by atoms with Gasteiger partial charge in [-0.25, -0.2) is 0 Å². The molecule has 0 spiro atoms. The molecule has 0 heterocycles. The quantitative estimate of drug-likeness (QED) is 0.168. The van der Waals surface area contributed by atoms with E-state index in [1.54, 1.807) is 0 Å². The maximum absolute atomic E-state index is 8.83. The van der Waals surface area contributed by atoms with Crippen LogP contribution in [0.25, 0.3) is 0 Å². The normalized spacial score (nSPS) is 11.8. The predicted molar refractivity (Wildman–Crippen MR) is 105 cm³/mol. The van der Waals surface area contributed by atoms with Crippen molar-refractivity contribution in [3.05, 3.63) is 0 Å². The summed E-state index contributed by atoms with van der Waals surface area (Å²) in [7, 11) is 0.898. The van der Waals surface area contributed by atoms with Crippen LogP contribution in [0.4, 0.5) is 0 Å². The Balaban J connectivity index is 3.06. The molecule has 0 atom stereocenters. The third-order valence-corrected chi connectivity index (χ3v) is 6.67. The molecule has 0 amide bonds. The summed E-state index contributed by atoms with van der Waals surface area (Å²) in [5, 5.41) is 0. The SMILES string of the molecule is CCCCCCCCCCCCCCCCCC[S+]=P(O)(O)O. The lowest BCUT2D eigenvalue weighted by Crippen LogP contribution is -1.87. The van der Waals surface area contributed by atoms with Gasteiger partial charge in [0.15, 0.2) is 5.75 Å². The van der Waals surface area contributed by atoms with Crippen molar-refractivity contribution >= 4 is 17.7 Å². The molecule has 140 valence electrons. The minimum Gasteiger partial charge on any atom is -0.290 e. The van der Waals surface area contributed by atoms with Gasteiger partial charge in [-0.05, 0) is 6.42 Å². The summed E-state index contributed by atoms with van der Waals surface area (Å²) in [5.74, 6) is 0.649. The molecular weight excluding hydrogens is 327 g/mol. The zero-order chi connectivity index (χ0) is 17.2. The van der Waals surface area contributed by atoms with Gasteiger partial charge in [0.2, 0.25) is 10.9 Å². The van der Waals surface area contributed by atoms with E-state index in [0.717, 1.165) is 23.8 Å². The zero-order valence-corrected chi connectivity index (χ0v) is 16.9. The Morgan fingerprint density at radius 2 is 0.826 bits per heavy atom. The average Bonchev–Trinajstić information content (AvgIpc) is 2.49. The molecule has 23 heavy (non-hydrogen) atoms. The molecule has 0 rings (SSSR count). The first-order valence-electron chi connectivity index (χ1n) is 9.78. The van der Waals surface area contributed by atoms with E-state index < -0.39 is 6.72 Å². The topological polar surface area (TPSA) is 60.7 Å². The Morgan fingerprint density at radius 1 is 0.522 bits per heavy atom. The summed E-state index contributed by atoms with van der Waals surface area (Å²) in [5.41, 5.74) is 0. The lowest BCUT2D eigenvalue weighted by molar-refractivity contribution is 0.363. The summed E-state index contributed by atoms with van der Waals surface area (Å²) in [4.78, 5) is 26.5. The molecule has 5 heteroatoms. The van der Waals surface area contributed by atoms with Gasteiger partial charge in [0.25, 0.3) is 0 Å². The van der Waals surface area contributed by atoms with Gasteiger partial charge in [-0.3, -0.25) is 14.7 Å². The summed E-state index contributed by atoms with van der Waals surface area (Å²) in [6.45, 7) is -1.32. The standard InChI is InChI=1S/C18H40O3PS/c1-2-3-4-5-6-7-8-9-10-11-12-13-14-15-16-17-18-23-22(19,20)21/h19-21H,2-18H2,1H3/q+1. The highest BCUT2D eigenvalue weighted by Gasteiger charge is 2.17. The van der Waals surface area contributed by atoms with Crippen LogP contribution in [0.15, 0.2) is 0 Å². The second-order valence-corrected chi connectivity index (χ2v) is 10.6. The van der Waals surface area contributed by atoms with Crippen molar-refractivity contribution in [1.29, 1.82) is 0 Å². The highest BCUT2D eigenvalue weighted by atomic mass is 32.5. The van der Waals surface area contributed by atoms with Crippen LogP contribution in [0.3, 0.4) is 0 Å². The molecule has 0 aromatic rings. The number of hydrogen-bond donors (Lipinski definition) is 3. The minimum atomic E-state index is -3.59. The van der Waals surface area contributed by atoms with E-state index >= 15 is 0 Å². The maximum atomic E-state index is 8.83. The van der Waals surface area contributed by atoms with Crippen molar-refractivity contribution in [3.8, 4) is 0 Å². The van der Waals surface area contributed by atoms with E-state index in [9.17, 15) is 0 Å². The van der Waals surface area contributed by atoms with Gasteiger partial charge in [-0.2, -0.15) is 0 Å². The van der Waals surface area contributed by atoms with Crippen molar-refractivity contribution in [2.75, 3.05) is 5.75 Å². The summed E-state index contributed by atoms with van der Waals surface area (Å²) >= 11 is 0. The highest BCUT2D eigenvalue weighted by Crippen LogP contribution is 2.31. The largest absolute Gasteiger partial charge is 0.515 e. The second-order valence-electron chi connectivity index (χ2n) is 6.65. The molecule has 3 N–H and O–H groups in total. The van der Waals surface area contributed by atoms with Crippen LogP contribution in [-0.2, 0) is 10.9 Å². The Bertz CT molecular complexity index is 284. The molecular formula is C18H40O3PS+. The molecule has 0 aromatic carbocycles. The summed E-state index contributed by atoms with van der Waals surface area (Å²) in [6.07, 6.45) is 21.4. The summed E-state index contributed by atoms with van der Waals surface area (Å²) in [6, 6.07) is 0. The van der Waals surface area contributed by atoms with Gasteiger partial charge < -0.3 is 0 Å². The predicted octanol–water partition coefficient (Wildman–Crippen LogP) is 5.99. The molecule has 0 radical (unpaired) electrons. The van der Waals surface area contributed by atoms with Gasteiger partial charge in [0, 0.05) is 6.42 Å². The van der Waals surface area contributed by atoms with Crippen LogP contribution in [0.2, 0.25) is 0 Å². The smallest absolute Gasteiger partial charge is 0.290 e. The Morgan fingerprint density at radius 3 is 1.13 bits per heavy atom. The number of rotatable bonds is 17. The lowest BCUT2D eigenvalue weighted by Gasteiger charge is -2.03. The molecule has 0 aliphatic carbocycles. The summed E-state index contributed by atoms with van der Waals surface area (Å²) < 4.78 is 0. The fourth-order valence-corrected chi connectivity index (χ4v) is 4.54. The van der Waals surface area contributed by atoms with E-state index in [0.29, 0.717) is 5.75 Å². The van der Waals surface area contributed by atoms with E-state index in [4.69, 9.17) is 14.7 Å². The monoisotopic (exact) mass is 367 g/mol. The van der Waals surface area contributed by atoms with Crippen LogP contribution < -0.4 is 0 Å². The molecule has 0 aliphatic rings. The number of unbranched alkanes of at least 4 members (excludes halogenated alkanes) is 15. The lowest BCUT2D eigenvalue weighted by atomic mass is 10.0. The van der Waals surface area contributed by atoms with Crippen LogP contribution in [0.1, 0.15) is 110 Å². The van der Waals surface area contributed by atoms with Gasteiger partial charge in [0.05, 0.1) is 0 Å². The average molecular weight is 368 g/mol. The van der Waals surface area contributed by atoms with Gasteiger partial charge in [0.1, 0.15) is 0 Å². The molecule has 0 unspecified atom stereocenters. The Labute approximate surface area is 148 Å². The van der Waals surface area contributed by atoms with Crippen LogP contribution >= 0.6 is 6.72 Å². The van der Waals surface area contributed by atoms with Crippen molar-refractivity contribution in [2.24, 2.45) is 0 Å². The van der Waals surface area contributed by atoms with Crippen molar-refractivity contribution in [3.63, 3.8) is 0 Å². The fourth-order valence-electron chi connectivity index (χ4n) is 2.84. The molecule has 0 fully saturated rings. The molecule has 0 bridgehead atoms.